The Hall–Kier alpha value is -2.98. The lowest BCUT2D eigenvalue weighted by molar-refractivity contribution is 0.279. The highest BCUT2D eigenvalue weighted by molar-refractivity contribution is 5.46. The first-order valence-electron chi connectivity index (χ1n) is 7.55. The third-order valence-corrected chi connectivity index (χ3v) is 3.28. The Morgan fingerprint density at radius 1 is 0.826 bits per heavy atom. The molecule has 0 aromatic heterocycles. The van der Waals surface area contributed by atoms with Crippen LogP contribution in [0.4, 0.5) is 5.69 Å². The molecule has 2 aromatic carbocycles. The fraction of sp³-hybridized carbons (Fsp3) is 0.263. The van der Waals surface area contributed by atoms with Gasteiger partial charge in [-0.25, -0.2) is 4.85 Å². The molecule has 2 aromatic rings. The van der Waals surface area contributed by atoms with Crippen LogP contribution in [0.15, 0.2) is 48.5 Å². The molecule has 0 radical (unpaired) electrons. The van der Waals surface area contributed by atoms with Crippen LogP contribution in [0, 0.1) is 17.9 Å². The van der Waals surface area contributed by atoms with E-state index in [9.17, 15) is 0 Å². The van der Waals surface area contributed by atoms with Crippen LogP contribution in [-0.2, 0) is 0 Å². The number of hydrogen-bond acceptors (Lipinski definition) is 3. The second-order valence-corrected chi connectivity index (χ2v) is 5.00. The SMILES string of the molecule is [C-]#[N+]c1ccc(OCCCCCOc2ccc(C#N)cc2)cc1. The molecule has 0 N–H and O–H groups in total. The van der Waals surface area contributed by atoms with Gasteiger partial charge >= 0.3 is 0 Å². The summed E-state index contributed by atoms with van der Waals surface area (Å²) in [7, 11) is 0. The Morgan fingerprint density at radius 2 is 1.35 bits per heavy atom. The first-order valence-corrected chi connectivity index (χ1v) is 7.55. The predicted molar refractivity (Wildman–Crippen MR) is 88.7 cm³/mol. The molecule has 2 rings (SSSR count). The van der Waals surface area contributed by atoms with Gasteiger partial charge in [0.1, 0.15) is 11.5 Å². The lowest BCUT2D eigenvalue weighted by Gasteiger charge is -2.07. The topological polar surface area (TPSA) is 46.6 Å². The van der Waals surface area contributed by atoms with Gasteiger partial charge in [0, 0.05) is 0 Å². The highest BCUT2D eigenvalue weighted by Crippen LogP contribution is 2.18. The van der Waals surface area contributed by atoms with E-state index in [1.807, 2.05) is 24.3 Å². The standard InChI is InChI=1S/C19H18N2O2/c1-21-17-7-11-19(12-8-17)23-14-4-2-3-13-22-18-9-5-16(15-20)6-10-18/h5-12H,2-4,13-14H2. The van der Waals surface area contributed by atoms with Crippen molar-refractivity contribution >= 4 is 5.69 Å². The molecule has 0 fully saturated rings. The third-order valence-electron chi connectivity index (χ3n) is 3.28. The van der Waals surface area contributed by atoms with Gasteiger partial charge in [-0.1, -0.05) is 12.1 Å². The number of nitriles is 1. The molecule has 4 heteroatoms. The molecule has 4 nitrogen and oxygen atoms in total. The van der Waals surface area contributed by atoms with E-state index in [0.717, 1.165) is 30.8 Å². The summed E-state index contributed by atoms with van der Waals surface area (Å²) in [5, 5.41) is 8.72. The molecule has 0 saturated heterocycles. The number of ether oxygens (including phenoxy) is 2. The van der Waals surface area contributed by atoms with Gasteiger partial charge in [0.15, 0.2) is 5.69 Å². The molecule has 0 heterocycles. The van der Waals surface area contributed by atoms with Crippen LogP contribution in [-0.4, -0.2) is 13.2 Å². The molecule has 116 valence electrons. The summed E-state index contributed by atoms with van der Waals surface area (Å²) >= 11 is 0. The molecule has 0 spiro atoms. The van der Waals surface area contributed by atoms with E-state index in [1.54, 1.807) is 24.3 Å². The van der Waals surface area contributed by atoms with Gasteiger partial charge in [-0.2, -0.15) is 5.26 Å². The Kier molecular flexibility index (Phi) is 6.50. The average Bonchev–Trinajstić information content (AvgIpc) is 2.62. The van der Waals surface area contributed by atoms with Gasteiger partial charge in [0.25, 0.3) is 0 Å². The van der Waals surface area contributed by atoms with Crippen LogP contribution in [0.2, 0.25) is 0 Å². The van der Waals surface area contributed by atoms with E-state index in [1.165, 1.54) is 0 Å². The summed E-state index contributed by atoms with van der Waals surface area (Å²) in [6, 6.07) is 16.4. The van der Waals surface area contributed by atoms with Gasteiger partial charge in [0.05, 0.1) is 31.4 Å². The van der Waals surface area contributed by atoms with Gasteiger partial charge < -0.3 is 9.47 Å². The number of benzene rings is 2. The van der Waals surface area contributed by atoms with Gasteiger partial charge in [0.2, 0.25) is 0 Å². The Bertz CT molecular complexity index is 618. The van der Waals surface area contributed by atoms with Crippen molar-refractivity contribution in [3.8, 4) is 17.6 Å². The minimum atomic E-state index is 0.623. The lowest BCUT2D eigenvalue weighted by Crippen LogP contribution is -2.00. The number of rotatable bonds is 8. The highest BCUT2D eigenvalue weighted by atomic mass is 16.5. The summed E-state index contributed by atoms with van der Waals surface area (Å²) in [6.45, 7) is 8.21. The molecule has 0 saturated carbocycles. The van der Waals surface area contributed by atoms with Crippen molar-refractivity contribution in [2.24, 2.45) is 0 Å². The smallest absolute Gasteiger partial charge is 0.187 e. The fourth-order valence-electron chi connectivity index (χ4n) is 2.00. The minimum Gasteiger partial charge on any atom is -0.494 e. The molecule has 0 atom stereocenters. The molecule has 0 aliphatic carbocycles. The van der Waals surface area contributed by atoms with Crippen LogP contribution in [0.3, 0.4) is 0 Å². The maximum absolute atomic E-state index is 8.72. The summed E-state index contributed by atoms with van der Waals surface area (Å²) in [5.41, 5.74) is 1.26. The van der Waals surface area contributed by atoms with Crippen LogP contribution in [0.1, 0.15) is 24.8 Å². The molecular formula is C19H18N2O2. The van der Waals surface area contributed by atoms with E-state index >= 15 is 0 Å². The summed E-state index contributed by atoms with van der Waals surface area (Å²) in [5.74, 6) is 1.59. The highest BCUT2D eigenvalue weighted by Gasteiger charge is 1.97. The second kappa shape index (κ2) is 9.12. The molecule has 23 heavy (non-hydrogen) atoms. The first kappa shape index (κ1) is 16.4. The van der Waals surface area contributed by atoms with E-state index in [0.29, 0.717) is 24.5 Å². The van der Waals surface area contributed by atoms with E-state index in [-0.39, 0.29) is 0 Å². The maximum atomic E-state index is 8.72. The van der Waals surface area contributed by atoms with Crippen LogP contribution in [0.5, 0.6) is 11.5 Å². The Morgan fingerprint density at radius 3 is 1.83 bits per heavy atom. The zero-order chi connectivity index (χ0) is 16.3. The fourth-order valence-corrected chi connectivity index (χ4v) is 2.00. The molecule has 0 amide bonds. The second-order valence-electron chi connectivity index (χ2n) is 5.00. The quantitative estimate of drug-likeness (QED) is 0.523. The maximum Gasteiger partial charge on any atom is 0.187 e. The van der Waals surface area contributed by atoms with Crippen molar-refractivity contribution in [2.45, 2.75) is 19.3 Å². The normalized spacial score (nSPS) is 9.65. The van der Waals surface area contributed by atoms with Crippen LogP contribution >= 0.6 is 0 Å². The van der Waals surface area contributed by atoms with E-state index in [4.69, 9.17) is 21.3 Å². The Balaban J connectivity index is 1.55. The number of hydrogen-bond donors (Lipinski definition) is 0. The zero-order valence-electron chi connectivity index (χ0n) is 12.9. The third kappa shape index (κ3) is 5.73. The minimum absolute atomic E-state index is 0.623. The van der Waals surface area contributed by atoms with Crippen molar-refractivity contribution in [3.63, 3.8) is 0 Å². The molecule has 0 unspecified atom stereocenters. The van der Waals surface area contributed by atoms with Gasteiger partial charge in [-0.15, -0.1) is 0 Å². The summed E-state index contributed by atoms with van der Waals surface area (Å²) in [4.78, 5) is 3.34. The average molecular weight is 306 g/mol. The van der Waals surface area contributed by atoms with Crippen LogP contribution < -0.4 is 9.47 Å². The molecule has 0 bridgehead atoms. The monoisotopic (exact) mass is 306 g/mol. The lowest BCUT2D eigenvalue weighted by atomic mass is 10.2. The Labute approximate surface area is 136 Å². The molecule has 0 aliphatic rings. The number of nitrogens with zero attached hydrogens (tertiary/aromatic N) is 2. The zero-order valence-corrected chi connectivity index (χ0v) is 12.9. The van der Waals surface area contributed by atoms with Crippen LogP contribution in [0.25, 0.3) is 4.85 Å². The first-order chi connectivity index (χ1) is 11.3. The molecular weight excluding hydrogens is 288 g/mol. The van der Waals surface area contributed by atoms with Crippen molar-refractivity contribution < 1.29 is 9.47 Å². The van der Waals surface area contributed by atoms with Gasteiger partial charge in [-0.05, 0) is 55.7 Å². The summed E-state index contributed by atoms with van der Waals surface area (Å²) < 4.78 is 11.2. The predicted octanol–water partition coefficient (Wildman–Crippen LogP) is 4.74. The summed E-state index contributed by atoms with van der Waals surface area (Å²) in [6.07, 6.45) is 2.94. The van der Waals surface area contributed by atoms with Crippen molar-refractivity contribution in [3.05, 3.63) is 65.5 Å². The van der Waals surface area contributed by atoms with E-state index in [2.05, 4.69) is 10.9 Å². The van der Waals surface area contributed by atoms with Gasteiger partial charge in [-0.3, -0.25) is 0 Å². The largest absolute Gasteiger partial charge is 0.494 e. The van der Waals surface area contributed by atoms with Crippen molar-refractivity contribution in [2.75, 3.05) is 13.2 Å². The van der Waals surface area contributed by atoms with Crippen molar-refractivity contribution in [1.29, 1.82) is 5.26 Å². The van der Waals surface area contributed by atoms with E-state index < -0.39 is 0 Å². The number of unbranched alkanes of at least 4 members (excludes halogenated alkanes) is 2. The molecule has 0 aliphatic heterocycles. The van der Waals surface area contributed by atoms with Crippen molar-refractivity contribution in [1.82, 2.24) is 0 Å².